The molecule has 0 aromatic rings. The molecule has 0 saturated carbocycles. The first-order chi connectivity index (χ1) is 8.39. The summed E-state index contributed by atoms with van der Waals surface area (Å²) in [5, 5.41) is -0.402. The zero-order valence-corrected chi connectivity index (χ0v) is 11.9. The molecule has 7 heteroatoms. The number of hydrogen-bond donors (Lipinski definition) is 0. The Morgan fingerprint density at radius 2 is 2.00 bits per heavy atom. The van der Waals surface area contributed by atoms with Crippen molar-refractivity contribution < 1.29 is 22.7 Å². The van der Waals surface area contributed by atoms with E-state index in [0.29, 0.717) is 26.1 Å². The molecule has 1 fully saturated rings. The number of hydrogen-bond acceptors (Lipinski definition) is 5. The zero-order valence-electron chi connectivity index (χ0n) is 11.1. The van der Waals surface area contributed by atoms with Crippen molar-refractivity contribution in [3.8, 4) is 0 Å². The normalized spacial score (nSPS) is 19.8. The van der Waals surface area contributed by atoms with Gasteiger partial charge in [-0.2, -0.15) is 0 Å². The molecule has 1 atom stereocenters. The Morgan fingerprint density at radius 3 is 2.50 bits per heavy atom. The fourth-order valence-corrected chi connectivity index (χ4v) is 3.72. The molecule has 0 bridgehead atoms. The minimum absolute atomic E-state index is 0.145. The van der Waals surface area contributed by atoms with Crippen LogP contribution in [0.25, 0.3) is 0 Å². The fourth-order valence-electron chi connectivity index (χ4n) is 1.99. The van der Waals surface area contributed by atoms with Gasteiger partial charge in [0.05, 0.1) is 18.3 Å². The van der Waals surface area contributed by atoms with Crippen LogP contribution in [-0.4, -0.2) is 57.9 Å². The molecule has 1 unspecified atom stereocenters. The second kappa shape index (κ2) is 6.49. The number of carbonyl (C=O) groups excluding carboxylic acids is 1. The lowest BCUT2D eigenvalue weighted by Crippen LogP contribution is -2.42. The molecule has 0 radical (unpaired) electrons. The van der Waals surface area contributed by atoms with E-state index in [4.69, 9.17) is 4.74 Å². The van der Waals surface area contributed by atoms with E-state index in [1.54, 1.807) is 6.92 Å². The summed E-state index contributed by atoms with van der Waals surface area (Å²) in [6, 6.07) is 0. The van der Waals surface area contributed by atoms with Gasteiger partial charge in [0.1, 0.15) is 0 Å². The van der Waals surface area contributed by atoms with E-state index in [0.717, 1.165) is 0 Å². The number of nitrogens with zero attached hydrogens (tertiary/aromatic N) is 1. The van der Waals surface area contributed by atoms with Crippen LogP contribution in [0.4, 0.5) is 0 Å². The summed E-state index contributed by atoms with van der Waals surface area (Å²) in [5.41, 5.74) is 0. The molecule has 0 aromatic carbocycles. The molecule has 1 rings (SSSR count). The van der Waals surface area contributed by atoms with Crippen LogP contribution in [0.15, 0.2) is 0 Å². The van der Waals surface area contributed by atoms with Crippen molar-refractivity contribution in [2.75, 3.05) is 33.9 Å². The summed E-state index contributed by atoms with van der Waals surface area (Å²) in [5.74, 6) is -0.862. The summed E-state index contributed by atoms with van der Waals surface area (Å²) in [7, 11) is -0.552. The first-order valence-corrected chi connectivity index (χ1v) is 7.50. The fraction of sp³-hybridized carbons (Fsp3) is 0.909. The van der Waals surface area contributed by atoms with Crippen LogP contribution in [0.1, 0.15) is 19.8 Å². The van der Waals surface area contributed by atoms with Crippen LogP contribution in [-0.2, 0) is 24.3 Å². The molecular weight excluding hydrogens is 258 g/mol. The van der Waals surface area contributed by atoms with E-state index >= 15 is 0 Å². The van der Waals surface area contributed by atoms with E-state index < -0.39 is 27.2 Å². The average Bonchev–Trinajstić information content (AvgIpc) is 2.38. The van der Waals surface area contributed by atoms with E-state index in [1.165, 1.54) is 18.5 Å². The highest BCUT2D eigenvalue weighted by atomic mass is 32.2. The smallest absolute Gasteiger partial charge is 0.309 e. The minimum atomic E-state index is -3.35. The molecule has 0 aliphatic carbocycles. The van der Waals surface area contributed by atoms with E-state index in [-0.39, 0.29) is 6.54 Å². The maximum atomic E-state index is 12.3. The van der Waals surface area contributed by atoms with E-state index in [9.17, 15) is 13.2 Å². The summed E-state index contributed by atoms with van der Waals surface area (Å²) >= 11 is 0. The molecule has 1 heterocycles. The van der Waals surface area contributed by atoms with Gasteiger partial charge in [-0.05, 0) is 12.8 Å². The molecule has 0 aromatic heterocycles. The average molecular weight is 279 g/mol. The van der Waals surface area contributed by atoms with Crippen LogP contribution < -0.4 is 0 Å². The number of methoxy groups -OCH3 is 1. The third kappa shape index (κ3) is 3.66. The molecule has 0 N–H and O–H groups in total. The van der Waals surface area contributed by atoms with Crippen molar-refractivity contribution in [1.82, 2.24) is 4.31 Å². The second-order valence-electron chi connectivity index (χ2n) is 4.56. The van der Waals surface area contributed by atoms with Gasteiger partial charge in [-0.1, -0.05) is 6.92 Å². The van der Waals surface area contributed by atoms with Crippen molar-refractivity contribution >= 4 is 16.0 Å². The van der Waals surface area contributed by atoms with Gasteiger partial charge in [0.15, 0.2) is 0 Å². The lowest BCUT2D eigenvalue weighted by Gasteiger charge is -2.28. The molecule has 18 heavy (non-hydrogen) atoms. The SMILES string of the molecule is COC(=O)C(C)CN(C)S(=O)(=O)C1CCOCC1. The van der Waals surface area contributed by atoms with Crippen molar-refractivity contribution in [3.63, 3.8) is 0 Å². The van der Waals surface area contributed by atoms with Gasteiger partial charge in [-0.15, -0.1) is 0 Å². The Balaban J connectivity index is 2.63. The quantitative estimate of drug-likeness (QED) is 0.674. The first-order valence-electron chi connectivity index (χ1n) is 6.00. The van der Waals surface area contributed by atoms with E-state index in [2.05, 4.69) is 4.74 Å². The van der Waals surface area contributed by atoms with Gasteiger partial charge in [-0.25, -0.2) is 12.7 Å². The summed E-state index contributed by atoms with van der Waals surface area (Å²) in [4.78, 5) is 11.3. The van der Waals surface area contributed by atoms with Gasteiger partial charge in [-0.3, -0.25) is 4.79 Å². The summed E-state index contributed by atoms with van der Waals surface area (Å²) < 4.78 is 35.5. The zero-order chi connectivity index (χ0) is 13.8. The number of carbonyl (C=O) groups is 1. The molecular formula is C11H21NO5S. The lowest BCUT2D eigenvalue weighted by atomic mass is 10.2. The standard InChI is InChI=1S/C11H21NO5S/c1-9(11(13)16-3)8-12(2)18(14,15)10-4-6-17-7-5-10/h9-10H,4-8H2,1-3H3. The number of sulfonamides is 1. The highest BCUT2D eigenvalue weighted by molar-refractivity contribution is 7.89. The van der Waals surface area contributed by atoms with Gasteiger partial charge >= 0.3 is 5.97 Å². The third-order valence-electron chi connectivity index (χ3n) is 3.16. The van der Waals surface area contributed by atoms with Crippen LogP contribution in [0, 0.1) is 5.92 Å². The molecule has 106 valence electrons. The summed E-state index contributed by atoms with van der Waals surface area (Å²) in [6.45, 7) is 2.75. The maximum Gasteiger partial charge on any atom is 0.309 e. The van der Waals surface area contributed by atoms with Crippen molar-refractivity contribution in [1.29, 1.82) is 0 Å². The van der Waals surface area contributed by atoms with Gasteiger partial charge in [0, 0.05) is 26.8 Å². The minimum Gasteiger partial charge on any atom is -0.469 e. The van der Waals surface area contributed by atoms with Gasteiger partial charge < -0.3 is 9.47 Å². The lowest BCUT2D eigenvalue weighted by molar-refractivity contribution is -0.144. The maximum absolute atomic E-state index is 12.3. The highest BCUT2D eigenvalue weighted by Gasteiger charge is 2.32. The first kappa shape index (κ1) is 15.4. The van der Waals surface area contributed by atoms with Crippen molar-refractivity contribution in [2.24, 2.45) is 5.92 Å². The second-order valence-corrected chi connectivity index (χ2v) is 6.88. The van der Waals surface area contributed by atoms with Gasteiger partial charge in [0.2, 0.25) is 10.0 Å². The van der Waals surface area contributed by atoms with Gasteiger partial charge in [0.25, 0.3) is 0 Å². The Labute approximate surface area is 108 Å². The Bertz CT molecular complexity index is 375. The Kier molecular flexibility index (Phi) is 5.55. The third-order valence-corrected chi connectivity index (χ3v) is 5.49. The molecule has 1 saturated heterocycles. The largest absolute Gasteiger partial charge is 0.469 e. The predicted octanol–water partition coefficient (Wildman–Crippen LogP) is 0.236. The predicted molar refractivity (Wildman–Crippen MR) is 66.6 cm³/mol. The van der Waals surface area contributed by atoms with Crippen molar-refractivity contribution in [2.45, 2.75) is 25.0 Å². The molecule has 0 amide bonds. The molecule has 6 nitrogen and oxygen atoms in total. The van der Waals surface area contributed by atoms with Crippen LogP contribution in [0.2, 0.25) is 0 Å². The van der Waals surface area contributed by atoms with Crippen LogP contribution in [0.5, 0.6) is 0 Å². The monoisotopic (exact) mass is 279 g/mol. The molecule has 0 spiro atoms. The van der Waals surface area contributed by atoms with E-state index in [1.807, 2.05) is 0 Å². The number of rotatable bonds is 5. The Morgan fingerprint density at radius 1 is 1.44 bits per heavy atom. The summed E-state index contributed by atoms with van der Waals surface area (Å²) in [6.07, 6.45) is 1.03. The number of esters is 1. The molecule has 1 aliphatic heterocycles. The van der Waals surface area contributed by atoms with Crippen molar-refractivity contribution in [3.05, 3.63) is 0 Å². The van der Waals surface area contributed by atoms with Crippen LogP contribution in [0.3, 0.4) is 0 Å². The highest BCUT2D eigenvalue weighted by Crippen LogP contribution is 2.19. The topological polar surface area (TPSA) is 72.9 Å². The number of ether oxygens (including phenoxy) is 2. The molecule has 1 aliphatic rings. The van der Waals surface area contributed by atoms with Crippen LogP contribution >= 0.6 is 0 Å². The Hall–Kier alpha value is -0.660.